The zero-order chi connectivity index (χ0) is 29.8. The van der Waals surface area contributed by atoms with Crippen molar-refractivity contribution in [3.8, 4) is 11.8 Å². The number of carbonyl (C=O) groups is 3. The number of rotatable bonds is 8. The zero-order valence-corrected chi connectivity index (χ0v) is 23.7. The van der Waals surface area contributed by atoms with Crippen molar-refractivity contribution in [3.63, 3.8) is 0 Å². The summed E-state index contributed by atoms with van der Waals surface area (Å²) in [6.45, 7) is 1.98. The van der Waals surface area contributed by atoms with Gasteiger partial charge in [-0.3, -0.25) is 14.4 Å². The molecular formula is C25H19Cl3F3N3O5S. The van der Waals surface area contributed by atoms with Crippen molar-refractivity contribution in [3.05, 3.63) is 67.1 Å². The number of carbonyl (C=O) groups excluding carboxylic acids is 3. The van der Waals surface area contributed by atoms with Gasteiger partial charge in [0, 0.05) is 5.92 Å². The van der Waals surface area contributed by atoms with Crippen LogP contribution in [-0.2, 0) is 25.3 Å². The predicted molar refractivity (Wildman–Crippen MR) is 144 cm³/mol. The molecule has 212 valence electrons. The lowest BCUT2D eigenvalue weighted by Crippen LogP contribution is -2.44. The minimum atomic E-state index is -4.66. The van der Waals surface area contributed by atoms with Gasteiger partial charge in [0.25, 0.3) is 0 Å². The molecule has 1 heterocycles. The first-order valence-corrected chi connectivity index (χ1v) is 13.4. The summed E-state index contributed by atoms with van der Waals surface area (Å²) < 4.78 is 49.4. The van der Waals surface area contributed by atoms with Gasteiger partial charge in [-0.15, -0.1) is 0 Å². The summed E-state index contributed by atoms with van der Waals surface area (Å²) in [5, 5.41) is 14.7. The second kappa shape index (κ2) is 13.0. The quantitative estimate of drug-likeness (QED) is 0.263. The Bertz CT molecular complexity index is 1410. The van der Waals surface area contributed by atoms with E-state index in [2.05, 4.69) is 10.6 Å². The fraction of sp³-hybridized carbons (Fsp3) is 0.280. The third kappa shape index (κ3) is 6.96. The average Bonchev–Trinajstić information content (AvgIpc) is 2.89. The number of hydrogen-bond donors (Lipinski definition) is 2. The van der Waals surface area contributed by atoms with Gasteiger partial charge >= 0.3 is 12.1 Å². The molecule has 2 N–H and O–H groups in total. The van der Waals surface area contributed by atoms with Crippen LogP contribution in [0.25, 0.3) is 0 Å². The molecule has 8 nitrogen and oxygen atoms in total. The number of hydrogen-bond acceptors (Lipinski definition) is 7. The monoisotopic (exact) mass is 635 g/mol. The molecule has 0 unspecified atom stereocenters. The standard InChI is InChI=1S/C25H19Cl3F3N3O5S/c1-3-39-21-15(27)6-11(7-16(21)28)19-13(9-32)23(34-22(36)20(19)24(37)38-2)40-10-18(35)33-17-8-12(25(29,30)31)4-5-14(17)26/h4-8,19-20H,3,10H2,1-2H3,(H,33,35)(H,34,36)/t19-,20-/m0/s1. The molecule has 1 aliphatic heterocycles. The van der Waals surface area contributed by atoms with Crippen molar-refractivity contribution in [1.29, 1.82) is 5.26 Å². The highest BCUT2D eigenvalue weighted by Gasteiger charge is 2.45. The lowest BCUT2D eigenvalue weighted by molar-refractivity contribution is -0.150. The summed E-state index contributed by atoms with van der Waals surface area (Å²) in [4.78, 5) is 38.2. The van der Waals surface area contributed by atoms with Crippen molar-refractivity contribution in [2.24, 2.45) is 5.92 Å². The zero-order valence-electron chi connectivity index (χ0n) is 20.6. The van der Waals surface area contributed by atoms with E-state index in [-0.39, 0.29) is 49.3 Å². The van der Waals surface area contributed by atoms with E-state index in [9.17, 15) is 32.8 Å². The number of alkyl halides is 3. The van der Waals surface area contributed by atoms with Gasteiger partial charge in [-0.2, -0.15) is 18.4 Å². The van der Waals surface area contributed by atoms with E-state index >= 15 is 0 Å². The first-order chi connectivity index (χ1) is 18.8. The summed E-state index contributed by atoms with van der Waals surface area (Å²) in [5.41, 5.74) is -1.15. The molecule has 0 spiro atoms. The molecule has 2 amide bonds. The Balaban J connectivity index is 1.95. The normalized spacial score (nSPS) is 17.1. The number of benzene rings is 2. The maximum absolute atomic E-state index is 13.1. The molecule has 3 rings (SSSR count). The Morgan fingerprint density at radius 3 is 2.35 bits per heavy atom. The van der Waals surface area contributed by atoms with E-state index in [0.29, 0.717) is 6.07 Å². The Morgan fingerprint density at radius 2 is 1.80 bits per heavy atom. The molecule has 0 aromatic heterocycles. The largest absolute Gasteiger partial charge is 0.491 e. The molecule has 0 saturated heterocycles. The number of halogens is 6. The second-order valence-corrected chi connectivity index (χ2v) is 10.3. The van der Waals surface area contributed by atoms with Gasteiger partial charge in [0.05, 0.1) is 62.5 Å². The Morgan fingerprint density at radius 1 is 1.15 bits per heavy atom. The number of thioether (sulfide) groups is 1. The summed E-state index contributed by atoms with van der Waals surface area (Å²) in [5.74, 6) is -5.48. The van der Waals surface area contributed by atoms with Gasteiger partial charge in [-0.25, -0.2) is 0 Å². The van der Waals surface area contributed by atoms with Gasteiger partial charge < -0.3 is 20.1 Å². The molecule has 0 fully saturated rings. The van der Waals surface area contributed by atoms with Crippen molar-refractivity contribution in [2.75, 3.05) is 24.8 Å². The minimum absolute atomic E-state index is 0.0518. The molecule has 2 aromatic carbocycles. The van der Waals surface area contributed by atoms with Crippen LogP contribution in [-0.4, -0.2) is 37.3 Å². The van der Waals surface area contributed by atoms with Crippen LogP contribution in [0.2, 0.25) is 15.1 Å². The first-order valence-electron chi connectivity index (χ1n) is 11.3. The summed E-state index contributed by atoms with van der Waals surface area (Å²) >= 11 is 19.3. The van der Waals surface area contributed by atoms with Crippen molar-refractivity contribution in [2.45, 2.75) is 19.0 Å². The van der Waals surface area contributed by atoms with Crippen LogP contribution in [0.4, 0.5) is 18.9 Å². The molecule has 0 radical (unpaired) electrons. The molecule has 2 atom stereocenters. The number of amides is 2. The van der Waals surface area contributed by atoms with E-state index in [1.165, 1.54) is 12.1 Å². The third-order valence-corrected chi connectivity index (χ3v) is 7.48. The maximum Gasteiger partial charge on any atom is 0.416 e. The number of esters is 1. The number of ether oxygens (including phenoxy) is 2. The molecule has 0 saturated carbocycles. The van der Waals surface area contributed by atoms with Gasteiger partial charge in [0.2, 0.25) is 11.8 Å². The van der Waals surface area contributed by atoms with Crippen LogP contribution in [0.15, 0.2) is 40.9 Å². The van der Waals surface area contributed by atoms with Crippen LogP contribution in [0.3, 0.4) is 0 Å². The summed E-state index contributed by atoms with van der Waals surface area (Å²) in [6, 6.07) is 7.21. The molecule has 1 aliphatic rings. The number of nitrogens with zero attached hydrogens (tertiary/aromatic N) is 1. The SMILES string of the molecule is CCOc1c(Cl)cc([C@H]2C(C#N)=C(SCC(=O)Nc3cc(C(F)(F)F)ccc3Cl)NC(=O)[C@H]2C(=O)OC)cc1Cl. The van der Waals surface area contributed by atoms with Crippen LogP contribution in [0.5, 0.6) is 5.75 Å². The second-order valence-electron chi connectivity index (χ2n) is 8.10. The molecule has 40 heavy (non-hydrogen) atoms. The van der Waals surface area contributed by atoms with Crippen LogP contribution in [0, 0.1) is 17.2 Å². The van der Waals surface area contributed by atoms with Gasteiger partial charge in [-0.05, 0) is 42.8 Å². The van der Waals surface area contributed by atoms with Crippen LogP contribution < -0.4 is 15.4 Å². The first kappa shape index (κ1) is 31.4. The molecule has 2 aromatic rings. The third-order valence-electron chi connectivity index (χ3n) is 5.57. The topological polar surface area (TPSA) is 118 Å². The lowest BCUT2D eigenvalue weighted by atomic mass is 9.78. The Hall–Kier alpha value is -3.11. The van der Waals surface area contributed by atoms with Crippen LogP contribution >= 0.6 is 46.6 Å². The molecular weight excluding hydrogens is 618 g/mol. The number of methoxy groups -OCH3 is 1. The smallest absolute Gasteiger partial charge is 0.416 e. The fourth-order valence-electron chi connectivity index (χ4n) is 3.84. The van der Waals surface area contributed by atoms with Crippen molar-refractivity contribution >= 4 is 70.0 Å². The van der Waals surface area contributed by atoms with E-state index in [1.54, 1.807) is 6.92 Å². The van der Waals surface area contributed by atoms with Gasteiger partial charge in [0.1, 0.15) is 5.92 Å². The summed E-state index contributed by atoms with van der Waals surface area (Å²) in [6.07, 6.45) is -4.66. The highest BCUT2D eigenvalue weighted by molar-refractivity contribution is 8.03. The van der Waals surface area contributed by atoms with Crippen molar-refractivity contribution < 1.29 is 37.0 Å². The molecule has 0 aliphatic carbocycles. The van der Waals surface area contributed by atoms with Gasteiger partial charge in [-0.1, -0.05) is 46.6 Å². The van der Waals surface area contributed by atoms with E-state index in [4.69, 9.17) is 44.3 Å². The summed E-state index contributed by atoms with van der Waals surface area (Å²) in [7, 11) is 1.08. The molecule has 0 bridgehead atoms. The Kier molecular flexibility index (Phi) is 10.2. The number of anilines is 1. The van der Waals surface area contributed by atoms with Gasteiger partial charge in [0.15, 0.2) is 5.75 Å². The predicted octanol–water partition coefficient (Wildman–Crippen LogP) is 6.17. The van der Waals surface area contributed by atoms with Crippen molar-refractivity contribution in [1.82, 2.24) is 5.32 Å². The number of nitriles is 1. The van der Waals surface area contributed by atoms with E-state index in [0.717, 1.165) is 31.0 Å². The number of allylic oxidation sites excluding steroid dienone is 1. The molecule has 15 heteroatoms. The minimum Gasteiger partial charge on any atom is -0.491 e. The highest BCUT2D eigenvalue weighted by Crippen LogP contribution is 2.44. The van der Waals surface area contributed by atoms with E-state index in [1.807, 2.05) is 6.07 Å². The lowest BCUT2D eigenvalue weighted by Gasteiger charge is -2.31. The fourth-order valence-corrected chi connectivity index (χ4v) is 5.47. The average molecular weight is 637 g/mol. The Labute approximate surface area is 245 Å². The highest BCUT2D eigenvalue weighted by atomic mass is 35.5. The number of nitrogens with one attached hydrogen (secondary N) is 2. The maximum atomic E-state index is 13.1. The van der Waals surface area contributed by atoms with Crippen LogP contribution in [0.1, 0.15) is 24.0 Å². The van der Waals surface area contributed by atoms with E-state index < -0.39 is 47.1 Å².